The van der Waals surface area contributed by atoms with Gasteiger partial charge >= 0.3 is 5.97 Å². The second kappa shape index (κ2) is 3.72. The van der Waals surface area contributed by atoms with Crippen molar-refractivity contribution in [2.24, 2.45) is 5.92 Å². The fourth-order valence-corrected chi connectivity index (χ4v) is 0.766. The summed E-state index contributed by atoms with van der Waals surface area (Å²) in [7, 11) is 3.93. The molecular formula is C8H15NO2. The number of nitrogens with zero attached hydrogens (tertiary/aromatic N) is 1. The number of carbonyl (C=O) groups excluding carboxylic acids is 1. The maximum absolute atomic E-state index is 10.9. The second-order valence-electron chi connectivity index (χ2n) is 3.25. The number of rotatable bonds is 4. The van der Waals surface area contributed by atoms with Crippen LogP contribution in [0.5, 0.6) is 0 Å². The van der Waals surface area contributed by atoms with E-state index in [0.29, 0.717) is 6.61 Å². The summed E-state index contributed by atoms with van der Waals surface area (Å²) >= 11 is 0. The van der Waals surface area contributed by atoms with Crippen molar-refractivity contribution in [1.82, 2.24) is 4.90 Å². The van der Waals surface area contributed by atoms with E-state index in [1.54, 1.807) is 0 Å². The highest BCUT2D eigenvalue weighted by atomic mass is 16.5. The Hall–Kier alpha value is -0.570. The summed E-state index contributed by atoms with van der Waals surface area (Å²) in [6, 6.07) is 0. The number of esters is 1. The van der Waals surface area contributed by atoms with Crippen LogP contribution >= 0.6 is 0 Å². The fourth-order valence-electron chi connectivity index (χ4n) is 0.766. The molecule has 3 heteroatoms. The molecule has 64 valence electrons. The van der Waals surface area contributed by atoms with Gasteiger partial charge in [0.05, 0.1) is 5.92 Å². The SMILES string of the molecule is CN(C)CCOC(=O)C1CC1. The van der Waals surface area contributed by atoms with Crippen LogP contribution in [0.3, 0.4) is 0 Å². The molecule has 1 saturated carbocycles. The molecule has 1 fully saturated rings. The monoisotopic (exact) mass is 157 g/mol. The predicted octanol–water partition coefficient (Wildman–Crippen LogP) is 0.501. The standard InChI is InChI=1S/C8H15NO2/c1-9(2)5-6-11-8(10)7-3-4-7/h7H,3-6H2,1-2H3. The van der Waals surface area contributed by atoms with Gasteiger partial charge in [0.1, 0.15) is 6.61 Å². The molecular weight excluding hydrogens is 142 g/mol. The first kappa shape index (κ1) is 8.53. The molecule has 0 N–H and O–H groups in total. The molecule has 0 spiro atoms. The number of hydrogen-bond donors (Lipinski definition) is 0. The van der Waals surface area contributed by atoms with E-state index in [2.05, 4.69) is 0 Å². The van der Waals surface area contributed by atoms with E-state index in [1.807, 2.05) is 19.0 Å². The Balaban J connectivity index is 1.97. The summed E-state index contributed by atoms with van der Waals surface area (Å²) in [6.07, 6.45) is 2.06. The number of carbonyl (C=O) groups is 1. The van der Waals surface area contributed by atoms with E-state index < -0.39 is 0 Å². The molecule has 3 nitrogen and oxygen atoms in total. The van der Waals surface area contributed by atoms with Crippen molar-refractivity contribution < 1.29 is 9.53 Å². The van der Waals surface area contributed by atoms with Crippen molar-refractivity contribution in [3.63, 3.8) is 0 Å². The van der Waals surface area contributed by atoms with Gasteiger partial charge in [0, 0.05) is 6.54 Å². The Kier molecular flexibility index (Phi) is 2.88. The summed E-state index contributed by atoms with van der Waals surface area (Å²) in [5, 5.41) is 0. The van der Waals surface area contributed by atoms with E-state index in [4.69, 9.17) is 4.74 Å². The van der Waals surface area contributed by atoms with Crippen molar-refractivity contribution in [3.8, 4) is 0 Å². The molecule has 0 bridgehead atoms. The molecule has 0 aromatic heterocycles. The third kappa shape index (κ3) is 3.37. The zero-order valence-corrected chi connectivity index (χ0v) is 7.17. The Labute approximate surface area is 67.3 Å². The lowest BCUT2D eigenvalue weighted by Gasteiger charge is -2.09. The van der Waals surface area contributed by atoms with E-state index >= 15 is 0 Å². The lowest BCUT2D eigenvalue weighted by atomic mass is 10.4. The van der Waals surface area contributed by atoms with Crippen LogP contribution in [-0.4, -0.2) is 38.1 Å². The molecule has 0 heterocycles. The van der Waals surface area contributed by atoms with Crippen LogP contribution in [0, 0.1) is 5.92 Å². The van der Waals surface area contributed by atoms with Gasteiger partial charge in [-0.1, -0.05) is 0 Å². The molecule has 0 radical (unpaired) electrons. The third-order valence-electron chi connectivity index (χ3n) is 1.69. The highest BCUT2D eigenvalue weighted by Crippen LogP contribution is 2.29. The zero-order valence-electron chi connectivity index (χ0n) is 7.17. The first-order chi connectivity index (χ1) is 5.20. The Bertz CT molecular complexity index is 141. The summed E-state index contributed by atoms with van der Waals surface area (Å²) in [6.45, 7) is 1.35. The molecule has 0 saturated heterocycles. The maximum atomic E-state index is 10.9. The first-order valence-corrected chi connectivity index (χ1v) is 4.01. The van der Waals surface area contributed by atoms with Crippen molar-refractivity contribution in [1.29, 1.82) is 0 Å². The van der Waals surface area contributed by atoms with E-state index in [-0.39, 0.29) is 11.9 Å². The summed E-state index contributed by atoms with van der Waals surface area (Å²) in [5.41, 5.74) is 0. The second-order valence-corrected chi connectivity index (χ2v) is 3.25. The first-order valence-electron chi connectivity index (χ1n) is 4.01. The van der Waals surface area contributed by atoms with Crippen molar-refractivity contribution in [3.05, 3.63) is 0 Å². The number of ether oxygens (including phenoxy) is 1. The molecule has 0 aromatic rings. The molecule has 0 amide bonds. The molecule has 0 aromatic carbocycles. The Morgan fingerprint density at radius 2 is 2.18 bits per heavy atom. The predicted molar refractivity (Wildman–Crippen MR) is 42.2 cm³/mol. The normalized spacial score (nSPS) is 17.0. The van der Waals surface area contributed by atoms with Crippen molar-refractivity contribution in [2.45, 2.75) is 12.8 Å². The third-order valence-corrected chi connectivity index (χ3v) is 1.69. The van der Waals surface area contributed by atoms with Crippen LogP contribution in [0.25, 0.3) is 0 Å². The van der Waals surface area contributed by atoms with Crippen LogP contribution in [-0.2, 0) is 9.53 Å². The smallest absolute Gasteiger partial charge is 0.308 e. The maximum Gasteiger partial charge on any atom is 0.308 e. The Morgan fingerprint density at radius 1 is 1.55 bits per heavy atom. The lowest BCUT2D eigenvalue weighted by Crippen LogP contribution is -2.20. The van der Waals surface area contributed by atoms with Crippen LogP contribution in [0.15, 0.2) is 0 Å². The van der Waals surface area contributed by atoms with Crippen molar-refractivity contribution >= 4 is 5.97 Å². The molecule has 0 unspecified atom stereocenters. The average Bonchev–Trinajstić information content (AvgIpc) is 2.66. The Morgan fingerprint density at radius 3 is 2.64 bits per heavy atom. The van der Waals surface area contributed by atoms with E-state index in [0.717, 1.165) is 19.4 Å². The molecule has 0 atom stereocenters. The molecule has 0 aliphatic heterocycles. The highest BCUT2D eigenvalue weighted by Gasteiger charge is 2.30. The van der Waals surface area contributed by atoms with Gasteiger partial charge in [0.2, 0.25) is 0 Å². The van der Waals surface area contributed by atoms with Gasteiger partial charge < -0.3 is 9.64 Å². The average molecular weight is 157 g/mol. The minimum absolute atomic E-state index is 0.00755. The van der Waals surface area contributed by atoms with Gasteiger partial charge in [-0.15, -0.1) is 0 Å². The van der Waals surface area contributed by atoms with E-state index in [9.17, 15) is 4.79 Å². The summed E-state index contributed by atoms with van der Waals surface area (Å²) < 4.78 is 5.00. The van der Waals surface area contributed by atoms with Gasteiger partial charge in [0.25, 0.3) is 0 Å². The van der Waals surface area contributed by atoms with Crippen LogP contribution in [0.1, 0.15) is 12.8 Å². The fraction of sp³-hybridized carbons (Fsp3) is 0.875. The van der Waals surface area contributed by atoms with Gasteiger partial charge in [-0.25, -0.2) is 0 Å². The topological polar surface area (TPSA) is 29.5 Å². The summed E-state index contributed by atoms with van der Waals surface area (Å²) in [4.78, 5) is 12.9. The van der Waals surface area contributed by atoms with Gasteiger partial charge in [-0.3, -0.25) is 4.79 Å². The summed E-state index contributed by atoms with van der Waals surface area (Å²) in [5.74, 6) is 0.226. The number of hydrogen-bond acceptors (Lipinski definition) is 3. The van der Waals surface area contributed by atoms with Gasteiger partial charge in [-0.05, 0) is 26.9 Å². The minimum atomic E-state index is -0.00755. The van der Waals surface area contributed by atoms with Crippen molar-refractivity contribution in [2.75, 3.05) is 27.2 Å². The molecule has 1 aliphatic carbocycles. The molecule has 11 heavy (non-hydrogen) atoms. The lowest BCUT2D eigenvalue weighted by molar-refractivity contribution is -0.145. The quantitative estimate of drug-likeness (QED) is 0.557. The number of likely N-dealkylation sites (N-methyl/N-ethyl adjacent to an activating group) is 1. The van der Waals surface area contributed by atoms with Crippen LogP contribution in [0.4, 0.5) is 0 Å². The largest absolute Gasteiger partial charge is 0.464 e. The van der Waals surface area contributed by atoms with Crippen LogP contribution in [0.2, 0.25) is 0 Å². The molecule has 1 rings (SSSR count). The minimum Gasteiger partial charge on any atom is -0.464 e. The van der Waals surface area contributed by atoms with Gasteiger partial charge in [-0.2, -0.15) is 0 Å². The van der Waals surface area contributed by atoms with Gasteiger partial charge in [0.15, 0.2) is 0 Å². The van der Waals surface area contributed by atoms with E-state index in [1.165, 1.54) is 0 Å². The molecule has 1 aliphatic rings. The zero-order chi connectivity index (χ0) is 8.27. The highest BCUT2D eigenvalue weighted by molar-refractivity contribution is 5.74. The van der Waals surface area contributed by atoms with Crippen LogP contribution < -0.4 is 0 Å².